The number of primary amides is 2. The molecule has 0 aromatic carbocycles. The zero-order valence-electron chi connectivity index (χ0n) is 8.40. The van der Waals surface area contributed by atoms with Crippen molar-refractivity contribution in [2.75, 3.05) is 13.1 Å². The van der Waals surface area contributed by atoms with E-state index in [9.17, 15) is 9.59 Å². The maximum atomic E-state index is 10.9. The number of carbonyl (C=O) groups is 2. The lowest BCUT2D eigenvalue weighted by Crippen LogP contribution is -2.48. The second kappa shape index (κ2) is 4.41. The predicted molar refractivity (Wildman–Crippen MR) is 52.1 cm³/mol. The number of rotatable bonds is 3. The minimum absolute atomic E-state index is 0.0358. The summed E-state index contributed by atoms with van der Waals surface area (Å²) in [5, 5.41) is 0. The molecule has 0 radical (unpaired) electrons. The van der Waals surface area contributed by atoms with Crippen molar-refractivity contribution in [1.82, 2.24) is 4.90 Å². The molecule has 0 aromatic heterocycles. The van der Waals surface area contributed by atoms with Crippen molar-refractivity contribution in [2.24, 2.45) is 17.4 Å². The summed E-state index contributed by atoms with van der Waals surface area (Å²) in [7, 11) is 0. The van der Waals surface area contributed by atoms with Gasteiger partial charge in [-0.25, -0.2) is 0 Å². The van der Waals surface area contributed by atoms with Gasteiger partial charge >= 0.3 is 0 Å². The van der Waals surface area contributed by atoms with E-state index in [0.717, 1.165) is 25.9 Å². The molecular formula is C9H17N3O2. The number of likely N-dealkylation sites (tertiary alicyclic amines) is 1. The summed E-state index contributed by atoms with van der Waals surface area (Å²) in [5.74, 6) is -0.592. The highest BCUT2D eigenvalue weighted by atomic mass is 16.1. The van der Waals surface area contributed by atoms with Crippen molar-refractivity contribution in [3.8, 4) is 0 Å². The minimum atomic E-state index is -0.317. The van der Waals surface area contributed by atoms with Crippen LogP contribution < -0.4 is 11.5 Å². The van der Waals surface area contributed by atoms with E-state index in [1.807, 2.05) is 4.90 Å². The molecule has 14 heavy (non-hydrogen) atoms. The van der Waals surface area contributed by atoms with E-state index in [2.05, 4.69) is 0 Å². The first-order chi connectivity index (χ1) is 6.52. The van der Waals surface area contributed by atoms with Crippen molar-refractivity contribution in [3.63, 3.8) is 0 Å². The summed E-state index contributed by atoms with van der Waals surface area (Å²) in [6.45, 7) is 3.22. The normalized spacial score (nSPS) is 21.8. The third-order valence-corrected chi connectivity index (χ3v) is 2.89. The molecular weight excluding hydrogens is 182 g/mol. The number of amides is 2. The Hall–Kier alpha value is -1.10. The molecule has 1 aliphatic rings. The van der Waals surface area contributed by atoms with Crippen LogP contribution >= 0.6 is 0 Å². The molecule has 0 bridgehead atoms. The van der Waals surface area contributed by atoms with Crippen molar-refractivity contribution in [1.29, 1.82) is 0 Å². The van der Waals surface area contributed by atoms with E-state index in [0.29, 0.717) is 0 Å². The molecule has 1 rings (SSSR count). The maximum Gasteiger partial charge on any atom is 0.234 e. The van der Waals surface area contributed by atoms with Crippen molar-refractivity contribution < 1.29 is 9.59 Å². The Morgan fingerprint density at radius 1 is 1.29 bits per heavy atom. The minimum Gasteiger partial charge on any atom is -0.369 e. The number of piperidine rings is 1. The average Bonchev–Trinajstić information content (AvgIpc) is 2.16. The van der Waals surface area contributed by atoms with Gasteiger partial charge in [-0.05, 0) is 32.9 Å². The van der Waals surface area contributed by atoms with Gasteiger partial charge in [0.15, 0.2) is 0 Å². The van der Waals surface area contributed by atoms with Crippen molar-refractivity contribution in [2.45, 2.75) is 25.8 Å². The molecule has 5 heteroatoms. The van der Waals surface area contributed by atoms with E-state index in [1.165, 1.54) is 0 Å². The molecule has 2 amide bonds. The lowest BCUT2D eigenvalue weighted by atomic mass is 9.95. The van der Waals surface area contributed by atoms with E-state index in [-0.39, 0.29) is 23.8 Å². The zero-order chi connectivity index (χ0) is 10.7. The number of nitrogens with two attached hydrogens (primary N) is 2. The Balaban J connectivity index is 2.43. The smallest absolute Gasteiger partial charge is 0.234 e. The molecule has 1 heterocycles. The second-order valence-electron chi connectivity index (χ2n) is 3.79. The molecule has 0 saturated carbocycles. The first kappa shape index (κ1) is 11.0. The molecule has 0 aromatic rings. The lowest BCUT2D eigenvalue weighted by molar-refractivity contribution is -0.125. The van der Waals surface area contributed by atoms with Gasteiger partial charge < -0.3 is 11.5 Å². The summed E-state index contributed by atoms with van der Waals surface area (Å²) in [4.78, 5) is 23.8. The molecule has 1 atom stereocenters. The summed E-state index contributed by atoms with van der Waals surface area (Å²) < 4.78 is 0. The van der Waals surface area contributed by atoms with E-state index in [4.69, 9.17) is 11.5 Å². The van der Waals surface area contributed by atoms with Crippen LogP contribution in [0.5, 0.6) is 0 Å². The first-order valence-electron chi connectivity index (χ1n) is 4.85. The topological polar surface area (TPSA) is 89.4 Å². The van der Waals surface area contributed by atoms with Crippen LogP contribution in [0.4, 0.5) is 0 Å². The van der Waals surface area contributed by atoms with Crippen LogP contribution in [-0.2, 0) is 9.59 Å². The highest BCUT2D eigenvalue weighted by Gasteiger charge is 2.27. The number of nitrogens with zero attached hydrogens (tertiary/aromatic N) is 1. The Kier molecular flexibility index (Phi) is 3.46. The predicted octanol–water partition coefficient (Wildman–Crippen LogP) is -0.942. The fourth-order valence-electron chi connectivity index (χ4n) is 1.75. The molecule has 4 N–H and O–H groups in total. The fourth-order valence-corrected chi connectivity index (χ4v) is 1.75. The zero-order valence-corrected chi connectivity index (χ0v) is 8.40. The number of hydrogen-bond donors (Lipinski definition) is 2. The summed E-state index contributed by atoms with van der Waals surface area (Å²) in [5.41, 5.74) is 10.4. The second-order valence-corrected chi connectivity index (χ2v) is 3.79. The largest absolute Gasteiger partial charge is 0.369 e. The van der Waals surface area contributed by atoms with Crippen molar-refractivity contribution >= 4 is 11.8 Å². The Bertz CT molecular complexity index is 234. The fraction of sp³-hybridized carbons (Fsp3) is 0.778. The van der Waals surface area contributed by atoms with Gasteiger partial charge in [-0.2, -0.15) is 0 Å². The van der Waals surface area contributed by atoms with Gasteiger partial charge in [0.25, 0.3) is 0 Å². The quantitative estimate of drug-likeness (QED) is 0.614. The summed E-state index contributed by atoms with van der Waals surface area (Å²) in [6, 6.07) is -0.246. The first-order valence-corrected chi connectivity index (χ1v) is 4.85. The van der Waals surface area contributed by atoms with Crippen LogP contribution in [0.2, 0.25) is 0 Å². The molecule has 1 saturated heterocycles. The van der Waals surface area contributed by atoms with Gasteiger partial charge in [-0.15, -0.1) is 0 Å². The van der Waals surface area contributed by atoms with Gasteiger partial charge in [-0.3, -0.25) is 14.5 Å². The molecule has 0 spiro atoms. The standard InChI is InChI=1S/C9H17N3O2/c1-6(8(10)13)12-4-2-7(3-5-12)9(11)14/h6-7H,2-5H2,1H3,(H2,10,13)(H2,11,14). The summed E-state index contributed by atoms with van der Waals surface area (Å²) >= 11 is 0. The third-order valence-electron chi connectivity index (χ3n) is 2.89. The highest BCUT2D eigenvalue weighted by molar-refractivity contribution is 5.79. The van der Waals surface area contributed by atoms with E-state index < -0.39 is 0 Å². The Labute approximate surface area is 83.4 Å². The molecule has 0 aliphatic carbocycles. The molecule has 1 unspecified atom stereocenters. The van der Waals surface area contributed by atoms with Gasteiger partial charge in [0, 0.05) is 5.92 Å². The molecule has 1 aliphatic heterocycles. The van der Waals surface area contributed by atoms with Crippen LogP contribution in [0.25, 0.3) is 0 Å². The number of hydrogen-bond acceptors (Lipinski definition) is 3. The highest BCUT2D eigenvalue weighted by Crippen LogP contribution is 2.18. The van der Waals surface area contributed by atoms with Crippen LogP contribution in [-0.4, -0.2) is 35.8 Å². The molecule has 5 nitrogen and oxygen atoms in total. The Morgan fingerprint density at radius 3 is 2.14 bits per heavy atom. The maximum absolute atomic E-state index is 10.9. The Morgan fingerprint density at radius 2 is 1.79 bits per heavy atom. The van der Waals surface area contributed by atoms with Gasteiger partial charge in [0.05, 0.1) is 6.04 Å². The molecule has 80 valence electrons. The number of carbonyl (C=O) groups excluding carboxylic acids is 2. The monoisotopic (exact) mass is 199 g/mol. The van der Waals surface area contributed by atoms with Crippen LogP contribution in [0.3, 0.4) is 0 Å². The summed E-state index contributed by atoms with van der Waals surface area (Å²) in [6.07, 6.45) is 1.46. The van der Waals surface area contributed by atoms with E-state index in [1.54, 1.807) is 6.92 Å². The van der Waals surface area contributed by atoms with Gasteiger partial charge in [-0.1, -0.05) is 0 Å². The van der Waals surface area contributed by atoms with Gasteiger partial charge in [0.1, 0.15) is 0 Å². The van der Waals surface area contributed by atoms with Crippen LogP contribution in [0.1, 0.15) is 19.8 Å². The SMILES string of the molecule is CC(C(N)=O)N1CCC(C(N)=O)CC1. The average molecular weight is 199 g/mol. The van der Waals surface area contributed by atoms with Crippen LogP contribution in [0, 0.1) is 5.92 Å². The lowest BCUT2D eigenvalue weighted by Gasteiger charge is -2.33. The van der Waals surface area contributed by atoms with Gasteiger partial charge in [0.2, 0.25) is 11.8 Å². The van der Waals surface area contributed by atoms with Crippen LogP contribution in [0.15, 0.2) is 0 Å². The molecule has 1 fully saturated rings. The van der Waals surface area contributed by atoms with E-state index >= 15 is 0 Å². The van der Waals surface area contributed by atoms with Crippen molar-refractivity contribution in [3.05, 3.63) is 0 Å². The third kappa shape index (κ3) is 2.45.